The average molecular weight is 246 g/mol. The number of benzene rings is 1. The maximum absolute atomic E-state index is 5.86. The molecule has 18 heavy (non-hydrogen) atoms. The molecule has 96 valence electrons. The number of rotatable bonds is 5. The highest BCUT2D eigenvalue weighted by Crippen LogP contribution is 2.11. The minimum absolute atomic E-state index is 0.476. The van der Waals surface area contributed by atoms with Crippen LogP contribution in [0.4, 0.5) is 5.69 Å². The van der Waals surface area contributed by atoms with Crippen molar-refractivity contribution in [1.82, 2.24) is 14.8 Å². The van der Waals surface area contributed by atoms with E-state index < -0.39 is 0 Å². The highest BCUT2D eigenvalue weighted by atomic mass is 16.5. The third-order valence-electron chi connectivity index (χ3n) is 2.98. The van der Waals surface area contributed by atoms with Gasteiger partial charge in [-0.25, -0.2) is 0 Å². The van der Waals surface area contributed by atoms with Crippen molar-refractivity contribution in [3.8, 4) is 0 Å². The second-order valence-electron chi connectivity index (χ2n) is 4.22. The first-order valence-corrected chi connectivity index (χ1v) is 5.94. The molecule has 2 aromatic rings. The Morgan fingerprint density at radius 3 is 2.72 bits per heavy atom. The minimum atomic E-state index is 0.476. The van der Waals surface area contributed by atoms with Crippen molar-refractivity contribution in [1.29, 1.82) is 0 Å². The van der Waals surface area contributed by atoms with Crippen molar-refractivity contribution in [3.05, 3.63) is 41.5 Å². The summed E-state index contributed by atoms with van der Waals surface area (Å²) < 4.78 is 7.52. The van der Waals surface area contributed by atoms with Crippen LogP contribution in [0.5, 0.6) is 0 Å². The van der Waals surface area contributed by atoms with Crippen molar-refractivity contribution in [2.24, 2.45) is 7.05 Å². The third-order valence-corrected chi connectivity index (χ3v) is 2.98. The molecule has 0 bridgehead atoms. The van der Waals surface area contributed by atoms with E-state index >= 15 is 0 Å². The highest BCUT2D eigenvalue weighted by molar-refractivity contribution is 5.46. The highest BCUT2D eigenvalue weighted by Gasteiger charge is 2.04. The van der Waals surface area contributed by atoms with Crippen LogP contribution >= 0.6 is 0 Å². The van der Waals surface area contributed by atoms with Crippen LogP contribution in [0.2, 0.25) is 0 Å². The molecule has 5 heteroatoms. The van der Waals surface area contributed by atoms with Crippen molar-refractivity contribution in [2.45, 2.75) is 20.0 Å². The van der Waals surface area contributed by atoms with Gasteiger partial charge >= 0.3 is 0 Å². The van der Waals surface area contributed by atoms with E-state index in [2.05, 4.69) is 10.2 Å². The molecule has 0 saturated heterocycles. The van der Waals surface area contributed by atoms with Crippen LogP contribution < -0.4 is 5.73 Å². The first-order valence-electron chi connectivity index (χ1n) is 5.94. The molecule has 1 heterocycles. The summed E-state index contributed by atoms with van der Waals surface area (Å²) >= 11 is 0. The summed E-state index contributed by atoms with van der Waals surface area (Å²) in [5, 5.41) is 8.02. The normalized spacial score (nSPS) is 10.8. The van der Waals surface area contributed by atoms with Gasteiger partial charge in [0.2, 0.25) is 0 Å². The summed E-state index contributed by atoms with van der Waals surface area (Å²) in [6, 6.07) is 7.84. The summed E-state index contributed by atoms with van der Waals surface area (Å²) in [4.78, 5) is 0. The number of hydrogen-bond donors (Lipinski definition) is 1. The van der Waals surface area contributed by atoms with Crippen molar-refractivity contribution < 1.29 is 4.74 Å². The molecule has 0 radical (unpaired) electrons. The van der Waals surface area contributed by atoms with Gasteiger partial charge in [-0.15, -0.1) is 10.2 Å². The van der Waals surface area contributed by atoms with Gasteiger partial charge in [-0.05, 0) is 25.0 Å². The number of nitrogen functional groups attached to an aromatic ring is 1. The van der Waals surface area contributed by atoms with Crippen LogP contribution in [0, 0.1) is 6.92 Å². The number of ether oxygens (including phenoxy) is 1. The summed E-state index contributed by atoms with van der Waals surface area (Å²) in [5.41, 5.74) is 7.79. The van der Waals surface area contributed by atoms with Crippen LogP contribution in [-0.2, 0) is 24.8 Å². The summed E-state index contributed by atoms with van der Waals surface area (Å²) in [5.74, 6) is 1.73. The summed E-state index contributed by atoms with van der Waals surface area (Å²) in [6.07, 6.45) is 0.809. The second-order valence-corrected chi connectivity index (χ2v) is 4.22. The van der Waals surface area contributed by atoms with E-state index in [4.69, 9.17) is 10.5 Å². The van der Waals surface area contributed by atoms with Crippen molar-refractivity contribution in [3.63, 3.8) is 0 Å². The number of nitrogens with two attached hydrogens (primary N) is 1. The van der Waals surface area contributed by atoms with Crippen molar-refractivity contribution in [2.75, 3.05) is 12.3 Å². The molecule has 0 aliphatic heterocycles. The maximum Gasteiger partial charge on any atom is 0.158 e. The zero-order chi connectivity index (χ0) is 13.0. The van der Waals surface area contributed by atoms with E-state index in [1.807, 2.05) is 42.8 Å². The first kappa shape index (κ1) is 12.6. The number of hydrogen-bond acceptors (Lipinski definition) is 4. The van der Waals surface area contributed by atoms with E-state index in [9.17, 15) is 0 Å². The van der Waals surface area contributed by atoms with Gasteiger partial charge in [0.05, 0.1) is 6.61 Å². The van der Waals surface area contributed by atoms with Crippen LogP contribution in [-0.4, -0.2) is 21.4 Å². The Kier molecular flexibility index (Phi) is 3.94. The minimum Gasteiger partial charge on any atom is -0.399 e. The Bertz CT molecular complexity index is 521. The SMILES string of the molecule is Cc1nnc(COCCc2ccccc2N)n1C. The summed E-state index contributed by atoms with van der Waals surface area (Å²) in [6.45, 7) is 3.02. The van der Waals surface area contributed by atoms with Gasteiger partial charge in [0, 0.05) is 12.7 Å². The lowest BCUT2D eigenvalue weighted by Gasteiger charge is -2.06. The molecule has 0 unspecified atom stereocenters. The van der Waals surface area contributed by atoms with Crippen LogP contribution in [0.1, 0.15) is 17.2 Å². The van der Waals surface area contributed by atoms with Crippen LogP contribution in [0.3, 0.4) is 0 Å². The van der Waals surface area contributed by atoms with Gasteiger partial charge in [-0.2, -0.15) is 0 Å². The Balaban J connectivity index is 1.80. The molecular formula is C13H18N4O. The Labute approximate surface area is 107 Å². The molecular weight excluding hydrogens is 228 g/mol. The Morgan fingerprint density at radius 2 is 2.06 bits per heavy atom. The quantitative estimate of drug-likeness (QED) is 0.641. The van der Waals surface area contributed by atoms with E-state index in [1.165, 1.54) is 0 Å². The predicted octanol–water partition coefficient (Wildman–Crippen LogP) is 1.47. The third kappa shape index (κ3) is 2.87. The standard InChI is InChI=1S/C13H18N4O/c1-10-15-16-13(17(10)2)9-18-8-7-11-5-3-4-6-12(11)14/h3-6H,7-9,14H2,1-2H3. The van der Waals surface area contributed by atoms with Gasteiger partial charge in [0.1, 0.15) is 12.4 Å². The molecule has 5 nitrogen and oxygen atoms in total. The number of nitrogens with zero attached hydrogens (tertiary/aromatic N) is 3. The zero-order valence-electron chi connectivity index (χ0n) is 10.8. The van der Waals surface area contributed by atoms with Gasteiger partial charge < -0.3 is 15.0 Å². The molecule has 0 aliphatic rings. The lowest BCUT2D eigenvalue weighted by molar-refractivity contribution is 0.116. The van der Waals surface area contributed by atoms with Crippen LogP contribution in [0.15, 0.2) is 24.3 Å². The van der Waals surface area contributed by atoms with Gasteiger partial charge in [0.15, 0.2) is 5.82 Å². The number of anilines is 1. The molecule has 0 spiro atoms. The van der Waals surface area contributed by atoms with Crippen LogP contribution in [0.25, 0.3) is 0 Å². The average Bonchev–Trinajstić information content (AvgIpc) is 2.68. The largest absolute Gasteiger partial charge is 0.399 e. The number of aryl methyl sites for hydroxylation is 1. The van der Waals surface area contributed by atoms with E-state index in [0.29, 0.717) is 13.2 Å². The molecule has 0 fully saturated rings. The molecule has 2 rings (SSSR count). The molecule has 1 aromatic heterocycles. The number of para-hydroxylation sites is 1. The first-order chi connectivity index (χ1) is 8.68. The van der Waals surface area contributed by atoms with Gasteiger partial charge in [-0.3, -0.25) is 0 Å². The maximum atomic E-state index is 5.86. The van der Waals surface area contributed by atoms with Gasteiger partial charge in [-0.1, -0.05) is 18.2 Å². The molecule has 1 aromatic carbocycles. The molecule has 0 aliphatic carbocycles. The smallest absolute Gasteiger partial charge is 0.158 e. The Morgan fingerprint density at radius 1 is 1.28 bits per heavy atom. The second kappa shape index (κ2) is 5.64. The van der Waals surface area contributed by atoms with E-state index in [0.717, 1.165) is 29.3 Å². The zero-order valence-corrected chi connectivity index (χ0v) is 10.8. The van der Waals surface area contributed by atoms with Crippen molar-refractivity contribution >= 4 is 5.69 Å². The lowest BCUT2D eigenvalue weighted by Crippen LogP contribution is -2.05. The summed E-state index contributed by atoms with van der Waals surface area (Å²) in [7, 11) is 1.93. The fourth-order valence-corrected chi connectivity index (χ4v) is 1.68. The number of aromatic nitrogens is 3. The molecule has 0 amide bonds. The fraction of sp³-hybridized carbons (Fsp3) is 0.385. The Hall–Kier alpha value is -1.88. The monoisotopic (exact) mass is 246 g/mol. The molecule has 0 saturated carbocycles. The molecule has 0 atom stereocenters. The topological polar surface area (TPSA) is 66.0 Å². The van der Waals surface area contributed by atoms with E-state index in [-0.39, 0.29) is 0 Å². The fourth-order valence-electron chi connectivity index (χ4n) is 1.68. The predicted molar refractivity (Wildman–Crippen MR) is 70.0 cm³/mol. The van der Waals surface area contributed by atoms with E-state index in [1.54, 1.807) is 0 Å². The molecule has 2 N–H and O–H groups in total. The van der Waals surface area contributed by atoms with Gasteiger partial charge in [0.25, 0.3) is 0 Å². The lowest BCUT2D eigenvalue weighted by atomic mass is 10.1.